The molecule has 1 nitrogen and oxygen atoms in total. The molecule has 0 amide bonds. The van der Waals surface area contributed by atoms with Gasteiger partial charge in [-0.05, 0) is 24.5 Å². The van der Waals surface area contributed by atoms with Gasteiger partial charge in [0.25, 0.3) is 0 Å². The molecule has 0 saturated heterocycles. The number of rotatable bonds is 0. The molecule has 0 spiro atoms. The number of hydrogen-bond donors (Lipinski definition) is 0. The normalized spacial score (nSPS) is 12.0. The van der Waals surface area contributed by atoms with E-state index in [0.29, 0.717) is 0 Å². The first-order chi connectivity index (χ1) is 4.50. The average Bonchev–Trinajstić information content (AvgIpc) is 2.11. The van der Waals surface area contributed by atoms with Crippen molar-refractivity contribution in [2.75, 3.05) is 0 Å². The van der Waals surface area contributed by atoms with Gasteiger partial charge in [-0.25, -0.2) is 0 Å². The Bertz CT molecular complexity index is 219. The fourth-order valence-electron chi connectivity index (χ4n) is 0.720. The summed E-state index contributed by atoms with van der Waals surface area (Å²) < 4.78 is 4.33. The third kappa shape index (κ3) is 1.57. The lowest BCUT2D eigenvalue weighted by Gasteiger charge is -2.13. The number of aromatic nitrogens is 1. The van der Waals surface area contributed by atoms with Crippen LogP contribution in [-0.4, -0.2) is 4.37 Å². The van der Waals surface area contributed by atoms with E-state index in [2.05, 4.69) is 38.1 Å². The highest BCUT2D eigenvalue weighted by atomic mass is 32.1. The maximum absolute atomic E-state index is 4.33. The number of hydrogen-bond acceptors (Lipinski definition) is 2. The van der Waals surface area contributed by atoms with Crippen molar-refractivity contribution in [3.05, 3.63) is 16.6 Å². The van der Waals surface area contributed by atoms with Gasteiger partial charge in [0.2, 0.25) is 0 Å². The van der Waals surface area contributed by atoms with E-state index < -0.39 is 0 Å². The van der Waals surface area contributed by atoms with Crippen LogP contribution in [0, 0.1) is 6.92 Å². The third-order valence-corrected chi connectivity index (χ3v) is 2.09. The van der Waals surface area contributed by atoms with Crippen molar-refractivity contribution in [1.82, 2.24) is 4.37 Å². The first kappa shape index (κ1) is 7.73. The average molecular weight is 155 g/mol. The minimum atomic E-state index is 0.213. The monoisotopic (exact) mass is 155 g/mol. The first-order valence-corrected chi connectivity index (χ1v) is 4.21. The van der Waals surface area contributed by atoms with Gasteiger partial charge in [-0.1, -0.05) is 20.8 Å². The van der Waals surface area contributed by atoms with Crippen molar-refractivity contribution in [2.24, 2.45) is 0 Å². The van der Waals surface area contributed by atoms with Crippen LogP contribution in [-0.2, 0) is 5.41 Å². The molecule has 0 unspecified atom stereocenters. The molecule has 0 aliphatic carbocycles. The molecule has 1 rings (SSSR count). The quantitative estimate of drug-likeness (QED) is 0.561. The smallest absolute Gasteiger partial charge is 0.0598 e. The van der Waals surface area contributed by atoms with Gasteiger partial charge in [-0.3, -0.25) is 0 Å². The summed E-state index contributed by atoms with van der Waals surface area (Å²) in [4.78, 5) is 1.30. The summed E-state index contributed by atoms with van der Waals surface area (Å²) in [6.07, 6.45) is 0. The van der Waals surface area contributed by atoms with Crippen molar-refractivity contribution in [1.29, 1.82) is 0 Å². The van der Waals surface area contributed by atoms with Gasteiger partial charge in [0, 0.05) is 10.3 Å². The van der Waals surface area contributed by atoms with Crippen LogP contribution in [0.25, 0.3) is 0 Å². The standard InChI is InChI=1S/C8H13NS/c1-6-5-7(9-10-6)8(2,3)4/h5H,1-4H3. The van der Waals surface area contributed by atoms with Crippen molar-refractivity contribution in [3.8, 4) is 0 Å². The number of nitrogens with zero attached hydrogens (tertiary/aromatic N) is 1. The molecule has 0 fully saturated rings. The van der Waals surface area contributed by atoms with Crippen molar-refractivity contribution in [2.45, 2.75) is 33.1 Å². The second kappa shape index (κ2) is 2.35. The Morgan fingerprint density at radius 2 is 2.00 bits per heavy atom. The van der Waals surface area contributed by atoms with Gasteiger partial charge < -0.3 is 0 Å². The van der Waals surface area contributed by atoms with E-state index in [1.165, 1.54) is 10.6 Å². The molecule has 2 heteroatoms. The molecule has 56 valence electrons. The minimum absolute atomic E-state index is 0.213. The predicted molar refractivity (Wildman–Crippen MR) is 45.6 cm³/mol. The van der Waals surface area contributed by atoms with E-state index in [9.17, 15) is 0 Å². The van der Waals surface area contributed by atoms with E-state index in [1.807, 2.05) is 0 Å². The molecule has 0 aliphatic heterocycles. The number of aryl methyl sites for hydroxylation is 1. The van der Waals surface area contributed by atoms with Gasteiger partial charge in [-0.2, -0.15) is 4.37 Å². The Morgan fingerprint density at radius 3 is 2.20 bits per heavy atom. The zero-order valence-electron chi connectivity index (χ0n) is 6.93. The van der Waals surface area contributed by atoms with E-state index in [-0.39, 0.29) is 5.41 Å². The summed E-state index contributed by atoms with van der Waals surface area (Å²) >= 11 is 1.58. The fraction of sp³-hybridized carbons (Fsp3) is 0.625. The lowest BCUT2D eigenvalue weighted by Crippen LogP contribution is -2.10. The Labute approximate surface area is 66.3 Å². The summed E-state index contributed by atoms with van der Waals surface area (Å²) in [5, 5.41) is 0. The highest BCUT2D eigenvalue weighted by molar-refractivity contribution is 7.05. The molecule has 0 aliphatic rings. The molecule has 0 atom stereocenters. The van der Waals surface area contributed by atoms with Crippen LogP contribution in [0.15, 0.2) is 6.07 Å². The van der Waals surface area contributed by atoms with Gasteiger partial charge in [-0.15, -0.1) is 0 Å². The van der Waals surface area contributed by atoms with Crippen molar-refractivity contribution >= 4 is 11.5 Å². The van der Waals surface area contributed by atoms with Gasteiger partial charge in [0.15, 0.2) is 0 Å². The van der Waals surface area contributed by atoms with Crippen LogP contribution in [0.1, 0.15) is 31.3 Å². The molecular formula is C8H13NS. The van der Waals surface area contributed by atoms with Crippen LogP contribution in [0.3, 0.4) is 0 Å². The first-order valence-electron chi connectivity index (χ1n) is 3.44. The molecular weight excluding hydrogens is 142 g/mol. The van der Waals surface area contributed by atoms with Gasteiger partial charge in [0.1, 0.15) is 0 Å². The predicted octanol–water partition coefficient (Wildman–Crippen LogP) is 2.75. The van der Waals surface area contributed by atoms with Crippen molar-refractivity contribution in [3.63, 3.8) is 0 Å². The molecule has 1 aromatic rings. The fourth-order valence-corrected chi connectivity index (χ4v) is 1.45. The Kier molecular flexibility index (Phi) is 1.82. The van der Waals surface area contributed by atoms with E-state index in [1.54, 1.807) is 11.5 Å². The van der Waals surface area contributed by atoms with Crippen LogP contribution in [0.4, 0.5) is 0 Å². The third-order valence-electron chi connectivity index (χ3n) is 1.40. The Hall–Kier alpha value is -0.370. The highest BCUT2D eigenvalue weighted by Gasteiger charge is 2.15. The van der Waals surface area contributed by atoms with E-state index in [0.717, 1.165) is 0 Å². The molecule has 0 radical (unpaired) electrons. The zero-order valence-corrected chi connectivity index (χ0v) is 7.75. The van der Waals surface area contributed by atoms with Crippen LogP contribution >= 0.6 is 11.5 Å². The topological polar surface area (TPSA) is 12.9 Å². The van der Waals surface area contributed by atoms with Gasteiger partial charge in [0.05, 0.1) is 5.69 Å². The molecule has 0 saturated carbocycles. The maximum Gasteiger partial charge on any atom is 0.0598 e. The Morgan fingerprint density at radius 1 is 1.40 bits per heavy atom. The summed E-state index contributed by atoms with van der Waals surface area (Å²) in [6, 6.07) is 2.16. The van der Waals surface area contributed by atoms with E-state index >= 15 is 0 Å². The molecule has 1 aromatic heterocycles. The largest absolute Gasteiger partial charge is 0.197 e. The second-order valence-corrected chi connectivity index (χ2v) is 4.58. The zero-order chi connectivity index (χ0) is 7.78. The molecule has 0 N–H and O–H groups in total. The van der Waals surface area contributed by atoms with Crippen LogP contribution in [0.5, 0.6) is 0 Å². The van der Waals surface area contributed by atoms with E-state index in [4.69, 9.17) is 0 Å². The van der Waals surface area contributed by atoms with Crippen molar-refractivity contribution < 1.29 is 0 Å². The van der Waals surface area contributed by atoms with Gasteiger partial charge >= 0.3 is 0 Å². The molecule has 0 bridgehead atoms. The summed E-state index contributed by atoms with van der Waals surface area (Å²) in [5.74, 6) is 0. The summed E-state index contributed by atoms with van der Waals surface area (Å²) in [7, 11) is 0. The van der Waals surface area contributed by atoms with Crippen LogP contribution < -0.4 is 0 Å². The summed E-state index contributed by atoms with van der Waals surface area (Å²) in [6.45, 7) is 8.64. The minimum Gasteiger partial charge on any atom is -0.197 e. The SMILES string of the molecule is Cc1cc(C(C)(C)C)ns1. The second-order valence-electron chi connectivity index (χ2n) is 3.57. The molecule has 1 heterocycles. The molecule has 0 aromatic carbocycles. The highest BCUT2D eigenvalue weighted by Crippen LogP contribution is 2.22. The molecule has 10 heavy (non-hydrogen) atoms. The lowest BCUT2D eigenvalue weighted by molar-refractivity contribution is 0.575. The van der Waals surface area contributed by atoms with Crippen LogP contribution in [0.2, 0.25) is 0 Å². The maximum atomic E-state index is 4.33. The summed E-state index contributed by atoms with van der Waals surface area (Å²) in [5.41, 5.74) is 1.42. The lowest BCUT2D eigenvalue weighted by atomic mass is 9.92. The Balaban J connectivity index is 2.96.